The van der Waals surface area contributed by atoms with Gasteiger partial charge in [0, 0.05) is 43.9 Å². The normalized spacial score (nSPS) is 13.3. The summed E-state index contributed by atoms with van der Waals surface area (Å²) in [6.07, 6.45) is 3.34. The van der Waals surface area contributed by atoms with Crippen LogP contribution in [0.15, 0.2) is 54.6 Å². The van der Waals surface area contributed by atoms with Crippen LogP contribution in [0.4, 0.5) is 5.69 Å². The first-order valence-electron chi connectivity index (χ1n) is 10.7. The summed E-state index contributed by atoms with van der Waals surface area (Å²) in [6.45, 7) is 0.965. The van der Waals surface area contributed by atoms with Crippen LogP contribution in [0.1, 0.15) is 12.8 Å². The number of nitrogens with zero attached hydrogens (tertiary/aromatic N) is 2. The van der Waals surface area contributed by atoms with Crippen LogP contribution in [0, 0.1) is 15.7 Å². The first-order chi connectivity index (χ1) is 16.9. The molecule has 12 nitrogen and oxygen atoms in total. The highest BCUT2D eigenvalue weighted by atomic mass is 35.7. The van der Waals surface area contributed by atoms with Gasteiger partial charge in [-0.05, 0) is 47.7 Å². The van der Waals surface area contributed by atoms with Crippen LogP contribution in [0.2, 0.25) is 0 Å². The maximum Gasteiger partial charge on any atom is 0.253 e. The summed E-state index contributed by atoms with van der Waals surface area (Å²) in [5.41, 5.74) is 9.55. The number of benzene rings is 2. The predicted molar refractivity (Wildman–Crippen MR) is 119 cm³/mol. The molecule has 0 saturated heterocycles. The lowest BCUT2D eigenvalue weighted by molar-refractivity contribution is -1.92. The standard InChI is InChI=1S/C23H23N5O3.ClHO4/c24-17-5-3-15-12-16-4-6-18(25)14-20(16)27(19(15)13-17)10-1-2-21(29)26-9-11-28-22(30)7-8-23(28)31;2-1(3,4)5/h3-8,12-14,24H,1-2,9-11,25H2,(H,26,29);(H,2,3,4,5). The number of hydrogen-bond donors (Lipinski definition) is 4. The molecule has 0 aromatic heterocycles. The monoisotopic (exact) mass is 517 g/mol. The molecule has 3 aliphatic rings. The molecule has 2 heterocycles. The zero-order valence-corrected chi connectivity index (χ0v) is 19.7. The van der Waals surface area contributed by atoms with Crippen LogP contribution in [-0.4, -0.2) is 44.9 Å². The molecule has 2 aliphatic heterocycles. The third-order valence-electron chi connectivity index (χ3n) is 5.32. The van der Waals surface area contributed by atoms with Crippen LogP contribution < -0.4 is 30.4 Å². The lowest BCUT2D eigenvalue weighted by Crippen LogP contribution is -2.58. The third-order valence-corrected chi connectivity index (χ3v) is 5.32. The zero-order valence-electron chi connectivity index (χ0n) is 19.0. The molecule has 13 heteroatoms. The smallest absolute Gasteiger partial charge is 0.253 e. The van der Waals surface area contributed by atoms with Crippen molar-refractivity contribution in [2.75, 3.05) is 18.8 Å². The Morgan fingerprint density at radius 1 is 1.03 bits per heavy atom. The Morgan fingerprint density at radius 2 is 1.69 bits per heavy atom. The number of anilines is 1. The minimum Gasteiger partial charge on any atom is -0.399 e. The number of amides is 3. The first-order valence-corrected chi connectivity index (χ1v) is 12.0. The Morgan fingerprint density at radius 3 is 2.36 bits per heavy atom. The average molecular weight is 518 g/mol. The molecule has 5 N–H and O–H groups in total. The molecule has 0 unspecified atom stereocenters. The van der Waals surface area contributed by atoms with Crippen molar-refractivity contribution in [3.63, 3.8) is 0 Å². The second-order valence-electron chi connectivity index (χ2n) is 7.90. The summed E-state index contributed by atoms with van der Waals surface area (Å²) in [5, 5.41) is 12.2. The van der Waals surface area contributed by atoms with Gasteiger partial charge < -0.3 is 21.0 Å². The van der Waals surface area contributed by atoms with Gasteiger partial charge in [0.2, 0.25) is 5.91 Å². The highest BCUT2D eigenvalue weighted by Gasteiger charge is 2.22. The molecule has 4 rings (SSSR count). The van der Waals surface area contributed by atoms with Crippen LogP contribution in [0.25, 0.3) is 22.2 Å². The fourth-order valence-corrected chi connectivity index (χ4v) is 3.80. The van der Waals surface area contributed by atoms with Gasteiger partial charge in [-0.1, -0.05) is 12.1 Å². The molecular formula is C23H24ClN5O7. The molecule has 36 heavy (non-hydrogen) atoms. The van der Waals surface area contributed by atoms with E-state index in [4.69, 9.17) is 29.8 Å². The second kappa shape index (κ2) is 11.3. The molecule has 1 aliphatic carbocycles. The van der Waals surface area contributed by atoms with Crippen molar-refractivity contribution >= 4 is 34.3 Å². The topological polar surface area (TPSA) is 211 Å². The molecule has 0 atom stereocenters. The number of hydrogen-bond acceptors (Lipinski definition) is 9. The number of aryl methyl sites for hydroxylation is 1. The number of imide groups is 1. The summed E-state index contributed by atoms with van der Waals surface area (Å²) < 4.78 is 34.8. The fraction of sp³-hybridized carbons (Fsp3) is 0.217. The van der Waals surface area contributed by atoms with Crippen molar-refractivity contribution in [1.82, 2.24) is 14.8 Å². The van der Waals surface area contributed by atoms with Crippen LogP contribution in [0.5, 0.6) is 0 Å². The quantitative estimate of drug-likeness (QED) is 0.149. The van der Waals surface area contributed by atoms with Gasteiger partial charge in [-0.25, -0.2) is 0 Å². The molecule has 0 fully saturated rings. The van der Waals surface area contributed by atoms with Crippen molar-refractivity contribution in [2.45, 2.75) is 19.4 Å². The highest BCUT2D eigenvalue weighted by Crippen LogP contribution is 2.29. The zero-order chi connectivity index (χ0) is 26.5. The minimum atomic E-state index is -4.69. The second-order valence-corrected chi connectivity index (χ2v) is 8.69. The van der Waals surface area contributed by atoms with E-state index < -0.39 is 10.2 Å². The Hall–Kier alpha value is -3.81. The largest absolute Gasteiger partial charge is 0.399 e. The number of aromatic nitrogens is 1. The molecule has 0 saturated carbocycles. The van der Waals surface area contributed by atoms with Crippen molar-refractivity contribution in [3.8, 4) is 11.3 Å². The molecule has 3 amide bonds. The number of nitrogens with one attached hydrogen (secondary N) is 2. The van der Waals surface area contributed by atoms with Gasteiger partial charge in [0.25, 0.3) is 11.8 Å². The number of pyridine rings is 1. The van der Waals surface area contributed by atoms with Crippen LogP contribution in [0.3, 0.4) is 0 Å². The van der Waals surface area contributed by atoms with E-state index in [1.807, 2.05) is 30.3 Å². The molecule has 0 radical (unpaired) electrons. The minimum absolute atomic E-state index is 0.141. The average Bonchev–Trinajstić information content (AvgIpc) is 3.10. The van der Waals surface area contributed by atoms with E-state index in [-0.39, 0.29) is 30.8 Å². The number of halogens is 1. The van der Waals surface area contributed by atoms with E-state index in [0.717, 1.165) is 27.1 Å². The number of nitrogens with two attached hydrogens (primary N) is 1. The lowest BCUT2D eigenvalue weighted by Gasteiger charge is -2.20. The molecular weight excluding hydrogens is 494 g/mol. The number of carbonyl (C=O) groups is 3. The van der Waals surface area contributed by atoms with Gasteiger partial charge >= 0.3 is 0 Å². The van der Waals surface area contributed by atoms with Crippen molar-refractivity contribution in [1.29, 1.82) is 5.41 Å². The summed E-state index contributed by atoms with van der Waals surface area (Å²) in [7, 11) is -4.69. The van der Waals surface area contributed by atoms with E-state index >= 15 is 0 Å². The van der Waals surface area contributed by atoms with Crippen molar-refractivity contribution < 1.29 is 43.3 Å². The Labute approximate surface area is 207 Å². The van der Waals surface area contributed by atoms with Gasteiger partial charge in [0.05, 0.1) is 31.5 Å². The van der Waals surface area contributed by atoms with Gasteiger partial charge in [-0.2, -0.15) is 14.0 Å². The number of rotatable bonds is 7. The fourth-order valence-electron chi connectivity index (χ4n) is 3.80. The highest BCUT2D eigenvalue weighted by molar-refractivity contribution is 6.12. The Balaban J connectivity index is 0.000000658. The molecule has 1 aromatic carbocycles. The summed E-state index contributed by atoms with van der Waals surface area (Å²) in [5.74, 6) is -0.851. The first kappa shape index (κ1) is 26.8. The van der Waals surface area contributed by atoms with Crippen LogP contribution >= 0.6 is 0 Å². The SMILES string of the molecule is N=c1ccc2cc3ccc(N)cc3n(CCCC(=O)NCCN3C(=O)C=CC3=O)c-2c1.[O-][Cl+3]([O-])([O-])O. The van der Waals surface area contributed by atoms with Gasteiger partial charge in [-0.15, -0.1) is 0 Å². The van der Waals surface area contributed by atoms with E-state index in [2.05, 4.69) is 16.0 Å². The maximum absolute atomic E-state index is 12.2. The number of carbonyl (C=O) groups excluding carboxylic acids is 3. The van der Waals surface area contributed by atoms with Crippen LogP contribution in [-0.2, 0) is 20.9 Å². The summed E-state index contributed by atoms with van der Waals surface area (Å²) in [6, 6.07) is 13.3. The van der Waals surface area contributed by atoms with Crippen molar-refractivity contribution in [3.05, 3.63) is 60.0 Å². The van der Waals surface area contributed by atoms with E-state index in [1.165, 1.54) is 12.2 Å². The lowest BCUT2D eigenvalue weighted by atomic mass is 10.0. The summed E-state index contributed by atoms with van der Waals surface area (Å²) in [4.78, 5) is 36.4. The Kier molecular flexibility index (Phi) is 8.40. The third kappa shape index (κ3) is 7.34. The molecule has 190 valence electrons. The van der Waals surface area contributed by atoms with Gasteiger partial charge in [0.1, 0.15) is 0 Å². The molecule has 0 spiro atoms. The van der Waals surface area contributed by atoms with E-state index in [1.54, 1.807) is 6.07 Å². The van der Waals surface area contributed by atoms with Gasteiger partial charge in [0.15, 0.2) is 0 Å². The summed E-state index contributed by atoms with van der Waals surface area (Å²) >= 11 is 0. The Bertz CT molecular complexity index is 1320. The van der Waals surface area contributed by atoms with Crippen molar-refractivity contribution in [2.24, 2.45) is 0 Å². The maximum atomic E-state index is 12.2. The predicted octanol–water partition coefficient (Wildman–Crippen LogP) is -2.49. The molecule has 1 aromatic rings. The molecule has 0 bridgehead atoms. The van der Waals surface area contributed by atoms with E-state index in [0.29, 0.717) is 30.4 Å². The van der Waals surface area contributed by atoms with Gasteiger partial charge in [-0.3, -0.25) is 19.3 Å². The number of fused-ring (bicyclic) bond motifs is 2. The van der Waals surface area contributed by atoms with E-state index in [9.17, 15) is 14.4 Å². The number of nitrogen functional groups attached to an aromatic ring is 1.